The Kier molecular flexibility index (Phi) is 11.9. The number of methoxy groups -OCH3 is 3. The van der Waals surface area contributed by atoms with Crippen LogP contribution >= 0.6 is 23.2 Å². The maximum Gasteiger partial charge on any atom is 0.326 e. The highest BCUT2D eigenvalue weighted by Gasteiger charge is 2.44. The molecule has 0 radical (unpaired) electrons. The fourth-order valence-electron chi connectivity index (χ4n) is 8.24. The first-order chi connectivity index (χ1) is 25.5. The molecule has 3 aromatic rings. The molecule has 0 bridgehead atoms. The van der Waals surface area contributed by atoms with Gasteiger partial charge in [-0.15, -0.1) is 0 Å². The lowest BCUT2D eigenvalue weighted by atomic mass is 9.76. The molecule has 0 saturated carbocycles. The molecule has 284 valence electrons. The van der Waals surface area contributed by atoms with E-state index in [2.05, 4.69) is 15.2 Å². The van der Waals surface area contributed by atoms with E-state index in [0.717, 1.165) is 43.4 Å². The van der Waals surface area contributed by atoms with Gasteiger partial charge in [0.05, 0.1) is 36.9 Å². The zero-order chi connectivity index (χ0) is 37.8. The summed E-state index contributed by atoms with van der Waals surface area (Å²) in [6.07, 6.45) is 8.22. The summed E-state index contributed by atoms with van der Waals surface area (Å²) in [5, 5.41) is 14.1. The summed E-state index contributed by atoms with van der Waals surface area (Å²) in [6, 6.07) is 11.8. The standard InChI is InChI=1S/C39H47Cl2N5O7/c1-51-32-22-26(23-33(52-2)34(32)53-3)35(47)45-21-12-38(25-45,28-7-8-29(40)30(41)24-28)11-18-44-19-13-39(14-20-44,27-9-15-42-16-10-27)43-37(50)46-17-5-4-6-31(46)36(48)49/h7-10,15-16,22-24,31H,4-6,11-14,17-21,25H2,1-3H3,(H,43,50)(H,48,49). The van der Waals surface area contributed by atoms with Crippen molar-refractivity contribution < 1.29 is 33.7 Å². The highest BCUT2D eigenvalue weighted by molar-refractivity contribution is 6.42. The van der Waals surface area contributed by atoms with E-state index in [1.54, 1.807) is 24.5 Å². The lowest BCUT2D eigenvalue weighted by Gasteiger charge is -2.45. The second kappa shape index (κ2) is 16.4. The minimum Gasteiger partial charge on any atom is -0.493 e. The number of carbonyl (C=O) groups is 3. The number of likely N-dealkylation sites (tertiary alicyclic amines) is 3. The number of urea groups is 1. The quantitative estimate of drug-likeness (QED) is 0.233. The monoisotopic (exact) mass is 767 g/mol. The molecule has 0 spiro atoms. The van der Waals surface area contributed by atoms with Gasteiger partial charge in [0.15, 0.2) is 11.5 Å². The minimum atomic E-state index is -0.973. The molecule has 3 fully saturated rings. The summed E-state index contributed by atoms with van der Waals surface area (Å²) in [5.74, 6) is 0.127. The number of hydrogen-bond donors (Lipinski definition) is 2. The molecule has 2 N–H and O–H groups in total. The number of benzene rings is 2. The van der Waals surface area contributed by atoms with Crippen LogP contribution in [-0.2, 0) is 15.7 Å². The van der Waals surface area contributed by atoms with E-state index in [0.29, 0.717) is 84.8 Å². The van der Waals surface area contributed by atoms with Gasteiger partial charge in [-0.2, -0.15) is 0 Å². The second-order valence-electron chi connectivity index (χ2n) is 14.2. The number of carbonyl (C=O) groups excluding carboxylic acids is 2. The molecule has 2 aromatic carbocycles. The average Bonchev–Trinajstić information content (AvgIpc) is 3.63. The lowest BCUT2D eigenvalue weighted by Crippen LogP contribution is -2.59. The highest BCUT2D eigenvalue weighted by atomic mass is 35.5. The molecule has 2 atom stereocenters. The van der Waals surface area contributed by atoms with E-state index in [9.17, 15) is 19.5 Å². The molecule has 4 heterocycles. The first-order valence-electron chi connectivity index (χ1n) is 18.0. The van der Waals surface area contributed by atoms with Gasteiger partial charge in [0, 0.05) is 56.1 Å². The smallest absolute Gasteiger partial charge is 0.326 e. The Bertz CT molecular complexity index is 1780. The lowest BCUT2D eigenvalue weighted by molar-refractivity contribution is -0.143. The van der Waals surface area contributed by atoms with Gasteiger partial charge >= 0.3 is 12.0 Å². The number of carboxylic acids is 1. The number of carboxylic acid groups (broad SMARTS) is 1. The number of pyridine rings is 1. The molecule has 6 rings (SSSR count). The molecule has 14 heteroatoms. The number of aromatic nitrogens is 1. The summed E-state index contributed by atoms with van der Waals surface area (Å²) >= 11 is 12.9. The third-order valence-electron chi connectivity index (χ3n) is 11.3. The van der Waals surface area contributed by atoms with E-state index in [-0.39, 0.29) is 11.9 Å². The van der Waals surface area contributed by atoms with Crippen LogP contribution in [0.15, 0.2) is 54.9 Å². The van der Waals surface area contributed by atoms with Crippen molar-refractivity contribution in [3.05, 3.63) is 81.6 Å². The second-order valence-corrected chi connectivity index (χ2v) is 15.0. The average molecular weight is 769 g/mol. The van der Waals surface area contributed by atoms with E-state index < -0.39 is 23.0 Å². The Morgan fingerprint density at radius 2 is 1.57 bits per heavy atom. The van der Waals surface area contributed by atoms with Gasteiger partial charge in [-0.3, -0.25) is 9.78 Å². The van der Waals surface area contributed by atoms with Crippen molar-refractivity contribution >= 4 is 41.1 Å². The molecule has 3 aliphatic rings. The Hall–Kier alpha value is -4.26. The van der Waals surface area contributed by atoms with Crippen molar-refractivity contribution in [3.8, 4) is 17.2 Å². The summed E-state index contributed by atoms with van der Waals surface area (Å²) in [5.41, 5.74) is 1.35. The normalized spacial score (nSPS) is 21.6. The highest BCUT2D eigenvalue weighted by Crippen LogP contribution is 2.43. The van der Waals surface area contributed by atoms with Crippen molar-refractivity contribution in [2.75, 3.05) is 60.6 Å². The fourth-order valence-corrected chi connectivity index (χ4v) is 8.54. The van der Waals surface area contributed by atoms with Crippen LogP contribution < -0.4 is 19.5 Å². The van der Waals surface area contributed by atoms with Crippen molar-refractivity contribution in [1.29, 1.82) is 0 Å². The van der Waals surface area contributed by atoms with Gasteiger partial charge in [0.1, 0.15) is 6.04 Å². The van der Waals surface area contributed by atoms with Crippen LogP contribution in [0.25, 0.3) is 0 Å². The number of piperidine rings is 2. The Labute approximate surface area is 320 Å². The van der Waals surface area contributed by atoms with Crippen LogP contribution in [0.2, 0.25) is 10.0 Å². The van der Waals surface area contributed by atoms with E-state index in [1.807, 2.05) is 35.2 Å². The number of nitrogens with one attached hydrogen (secondary N) is 1. The number of ether oxygens (including phenoxy) is 3. The zero-order valence-corrected chi connectivity index (χ0v) is 31.9. The van der Waals surface area contributed by atoms with Gasteiger partial charge < -0.3 is 39.3 Å². The molecular formula is C39H47Cl2N5O7. The van der Waals surface area contributed by atoms with Crippen molar-refractivity contribution in [3.63, 3.8) is 0 Å². The predicted octanol–water partition coefficient (Wildman–Crippen LogP) is 6.23. The first-order valence-corrected chi connectivity index (χ1v) is 18.8. The minimum absolute atomic E-state index is 0.138. The molecule has 12 nitrogen and oxygen atoms in total. The third-order valence-corrected chi connectivity index (χ3v) is 12.1. The Morgan fingerprint density at radius 3 is 2.19 bits per heavy atom. The van der Waals surface area contributed by atoms with Gasteiger partial charge in [0.2, 0.25) is 5.75 Å². The molecule has 2 unspecified atom stereocenters. The molecule has 3 saturated heterocycles. The van der Waals surface area contributed by atoms with Crippen LogP contribution in [-0.4, -0.2) is 109 Å². The molecule has 3 aliphatic heterocycles. The molecule has 0 aliphatic carbocycles. The summed E-state index contributed by atoms with van der Waals surface area (Å²) < 4.78 is 16.5. The summed E-state index contributed by atoms with van der Waals surface area (Å²) in [4.78, 5) is 49.7. The van der Waals surface area contributed by atoms with Crippen LogP contribution in [0, 0.1) is 0 Å². The predicted molar refractivity (Wildman–Crippen MR) is 201 cm³/mol. The van der Waals surface area contributed by atoms with E-state index in [4.69, 9.17) is 37.4 Å². The van der Waals surface area contributed by atoms with E-state index in [1.165, 1.54) is 26.2 Å². The number of amides is 3. The van der Waals surface area contributed by atoms with Gasteiger partial charge in [-0.1, -0.05) is 29.3 Å². The number of aliphatic carboxylic acids is 1. The number of nitrogens with zero attached hydrogens (tertiary/aromatic N) is 4. The van der Waals surface area contributed by atoms with Gasteiger partial charge in [-0.25, -0.2) is 9.59 Å². The summed E-state index contributed by atoms with van der Waals surface area (Å²) in [7, 11) is 4.57. The largest absolute Gasteiger partial charge is 0.493 e. The third kappa shape index (κ3) is 8.00. The molecule has 53 heavy (non-hydrogen) atoms. The Morgan fingerprint density at radius 1 is 0.868 bits per heavy atom. The topological polar surface area (TPSA) is 134 Å². The van der Waals surface area contributed by atoms with Gasteiger partial charge in [-0.05, 0) is 99.0 Å². The van der Waals surface area contributed by atoms with Crippen LogP contribution in [0.3, 0.4) is 0 Å². The van der Waals surface area contributed by atoms with Crippen LogP contribution in [0.5, 0.6) is 17.2 Å². The number of halogens is 2. The van der Waals surface area contributed by atoms with Crippen molar-refractivity contribution in [1.82, 2.24) is 25.0 Å². The first kappa shape index (κ1) is 38.5. The number of hydrogen-bond acceptors (Lipinski definition) is 8. The van der Waals surface area contributed by atoms with Crippen LogP contribution in [0.4, 0.5) is 4.79 Å². The molecule has 1 aromatic heterocycles. The van der Waals surface area contributed by atoms with Crippen molar-refractivity contribution in [2.45, 2.75) is 61.9 Å². The fraction of sp³-hybridized carbons (Fsp3) is 0.487. The van der Waals surface area contributed by atoms with E-state index >= 15 is 0 Å². The van der Waals surface area contributed by atoms with Crippen molar-refractivity contribution in [2.24, 2.45) is 0 Å². The molecular weight excluding hydrogens is 721 g/mol. The maximum atomic E-state index is 14.0. The van der Waals surface area contributed by atoms with Crippen LogP contribution in [0.1, 0.15) is 66.4 Å². The number of rotatable bonds is 11. The summed E-state index contributed by atoms with van der Waals surface area (Å²) in [6.45, 7) is 3.59. The SMILES string of the molecule is COc1cc(C(=O)N2CCC(CCN3CCC(NC(=O)N4CCCCC4C(=O)O)(c4ccncc4)CC3)(c3ccc(Cl)c(Cl)c3)C2)cc(OC)c1OC. The maximum absolute atomic E-state index is 14.0. The Balaban J connectivity index is 1.20. The zero-order valence-electron chi connectivity index (χ0n) is 30.4. The molecule has 3 amide bonds. The van der Waals surface area contributed by atoms with Gasteiger partial charge in [0.25, 0.3) is 5.91 Å².